The summed E-state index contributed by atoms with van der Waals surface area (Å²) >= 11 is 10.8. The Hall–Kier alpha value is -2.64. The molecule has 0 aromatic heterocycles. The molecule has 1 atom stereocenters. The van der Waals surface area contributed by atoms with E-state index in [1.807, 2.05) is 26.0 Å². The van der Waals surface area contributed by atoms with Gasteiger partial charge < -0.3 is 4.74 Å². The Labute approximate surface area is 168 Å². The molecule has 0 saturated carbocycles. The van der Waals surface area contributed by atoms with Crippen molar-refractivity contribution in [2.45, 2.75) is 26.9 Å². The number of nitrogens with one attached hydrogen (secondary N) is 3. The number of thiocarbonyl (C=S) groups is 1. The van der Waals surface area contributed by atoms with E-state index in [1.165, 1.54) is 0 Å². The Balaban J connectivity index is 1.81. The minimum Gasteiger partial charge on any atom is -0.481 e. The molecule has 0 saturated heterocycles. The summed E-state index contributed by atoms with van der Waals surface area (Å²) < 4.78 is 5.61. The third-order valence-corrected chi connectivity index (χ3v) is 4.25. The van der Waals surface area contributed by atoms with Crippen molar-refractivity contribution in [3.63, 3.8) is 0 Å². The van der Waals surface area contributed by atoms with E-state index in [9.17, 15) is 9.59 Å². The van der Waals surface area contributed by atoms with E-state index in [-0.39, 0.29) is 5.11 Å². The van der Waals surface area contributed by atoms with Crippen LogP contribution < -0.4 is 20.9 Å². The molecule has 2 aromatic carbocycles. The first kappa shape index (κ1) is 20.7. The lowest BCUT2D eigenvalue weighted by atomic mass is 10.1. The Morgan fingerprint density at radius 3 is 2.33 bits per heavy atom. The average molecular weight is 406 g/mol. The van der Waals surface area contributed by atoms with Crippen LogP contribution in [0.1, 0.15) is 28.4 Å². The molecule has 0 spiro atoms. The van der Waals surface area contributed by atoms with Crippen LogP contribution in [0.15, 0.2) is 42.5 Å². The monoisotopic (exact) mass is 405 g/mol. The first-order valence-corrected chi connectivity index (χ1v) is 8.95. The Morgan fingerprint density at radius 1 is 1.04 bits per heavy atom. The number of carbonyl (C=O) groups excluding carboxylic acids is 2. The second-order valence-corrected chi connectivity index (χ2v) is 6.76. The molecule has 3 N–H and O–H groups in total. The molecule has 0 aliphatic heterocycles. The van der Waals surface area contributed by atoms with Gasteiger partial charge in [-0.05, 0) is 80.5 Å². The fraction of sp³-hybridized carbons (Fsp3) is 0.211. The van der Waals surface area contributed by atoms with Gasteiger partial charge in [0.2, 0.25) is 0 Å². The number of benzene rings is 2. The first-order chi connectivity index (χ1) is 12.8. The van der Waals surface area contributed by atoms with Crippen molar-refractivity contribution < 1.29 is 14.3 Å². The van der Waals surface area contributed by atoms with E-state index in [0.29, 0.717) is 16.3 Å². The van der Waals surface area contributed by atoms with E-state index in [4.69, 9.17) is 28.6 Å². The third kappa shape index (κ3) is 6.23. The fourth-order valence-corrected chi connectivity index (χ4v) is 2.34. The lowest BCUT2D eigenvalue weighted by Crippen LogP contribution is -2.51. The van der Waals surface area contributed by atoms with Gasteiger partial charge in [0.15, 0.2) is 11.2 Å². The number of amides is 2. The number of hydrogen-bond donors (Lipinski definition) is 3. The van der Waals surface area contributed by atoms with Crippen LogP contribution in [0.2, 0.25) is 5.02 Å². The first-order valence-electron chi connectivity index (χ1n) is 8.17. The standard InChI is InChI=1S/C19H20ClN3O3S/c1-11-4-9-16(10-12(11)2)26-13(3)17(24)22-23-19(27)21-18(25)14-5-7-15(20)8-6-14/h4-10,13H,1-3H3,(H,22,24)(H2,21,23,25,27). The number of ether oxygens (including phenoxy) is 1. The predicted molar refractivity (Wildman–Crippen MR) is 109 cm³/mol. The molecule has 0 fully saturated rings. The third-order valence-electron chi connectivity index (χ3n) is 3.79. The fourth-order valence-electron chi connectivity index (χ4n) is 2.07. The van der Waals surface area contributed by atoms with Gasteiger partial charge in [-0.2, -0.15) is 0 Å². The van der Waals surface area contributed by atoms with Crippen LogP contribution in [0.3, 0.4) is 0 Å². The summed E-state index contributed by atoms with van der Waals surface area (Å²) in [6.07, 6.45) is -0.755. The Bertz CT molecular complexity index is 856. The quantitative estimate of drug-likeness (QED) is 0.538. The lowest BCUT2D eigenvalue weighted by molar-refractivity contribution is -0.127. The Morgan fingerprint density at radius 2 is 1.70 bits per heavy atom. The van der Waals surface area contributed by atoms with E-state index in [1.54, 1.807) is 37.3 Å². The van der Waals surface area contributed by atoms with E-state index in [2.05, 4.69) is 16.2 Å². The molecule has 0 bridgehead atoms. The van der Waals surface area contributed by atoms with Crippen LogP contribution in [-0.4, -0.2) is 23.0 Å². The van der Waals surface area contributed by atoms with E-state index >= 15 is 0 Å². The van der Waals surface area contributed by atoms with Gasteiger partial charge >= 0.3 is 0 Å². The van der Waals surface area contributed by atoms with Crippen molar-refractivity contribution in [3.8, 4) is 5.75 Å². The number of hydrogen-bond acceptors (Lipinski definition) is 4. The normalized spacial score (nSPS) is 11.3. The van der Waals surface area contributed by atoms with Crippen LogP contribution in [0.5, 0.6) is 5.75 Å². The minimum atomic E-state index is -0.755. The molecule has 2 aromatic rings. The van der Waals surface area contributed by atoms with Crippen molar-refractivity contribution in [3.05, 3.63) is 64.2 Å². The highest BCUT2D eigenvalue weighted by molar-refractivity contribution is 7.80. The Kier molecular flexibility index (Phi) is 7.15. The molecule has 0 radical (unpaired) electrons. The average Bonchev–Trinajstić information content (AvgIpc) is 2.63. The zero-order chi connectivity index (χ0) is 20.0. The molecule has 8 heteroatoms. The second-order valence-electron chi connectivity index (χ2n) is 5.91. The molecular formula is C19H20ClN3O3S. The number of halogens is 1. The molecule has 0 aliphatic rings. The summed E-state index contributed by atoms with van der Waals surface area (Å²) in [5, 5.41) is 2.94. The van der Waals surface area contributed by atoms with Gasteiger partial charge in [0.25, 0.3) is 11.8 Å². The smallest absolute Gasteiger partial charge is 0.279 e. The van der Waals surface area contributed by atoms with Crippen molar-refractivity contribution in [2.24, 2.45) is 0 Å². The highest BCUT2D eigenvalue weighted by atomic mass is 35.5. The highest BCUT2D eigenvalue weighted by Gasteiger charge is 2.15. The molecule has 6 nitrogen and oxygen atoms in total. The second kappa shape index (κ2) is 9.34. The molecule has 2 amide bonds. The lowest BCUT2D eigenvalue weighted by Gasteiger charge is -2.17. The molecule has 27 heavy (non-hydrogen) atoms. The van der Waals surface area contributed by atoms with E-state index in [0.717, 1.165) is 11.1 Å². The van der Waals surface area contributed by atoms with Gasteiger partial charge in [0.05, 0.1) is 0 Å². The maximum atomic E-state index is 12.1. The summed E-state index contributed by atoms with van der Waals surface area (Å²) in [6.45, 7) is 5.58. The van der Waals surface area contributed by atoms with Crippen LogP contribution >= 0.6 is 23.8 Å². The zero-order valence-corrected chi connectivity index (χ0v) is 16.7. The zero-order valence-electron chi connectivity index (χ0n) is 15.1. The topological polar surface area (TPSA) is 79.5 Å². The summed E-state index contributed by atoms with van der Waals surface area (Å²) in [6, 6.07) is 11.9. The maximum absolute atomic E-state index is 12.1. The molecule has 1 unspecified atom stereocenters. The maximum Gasteiger partial charge on any atom is 0.279 e. The molecular weight excluding hydrogens is 386 g/mol. The van der Waals surface area contributed by atoms with Gasteiger partial charge in [-0.25, -0.2) is 0 Å². The number of carbonyl (C=O) groups is 2. The van der Waals surface area contributed by atoms with Gasteiger partial charge in [0.1, 0.15) is 5.75 Å². The molecule has 2 rings (SSSR count). The van der Waals surface area contributed by atoms with Gasteiger partial charge in [-0.3, -0.25) is 25.8 Å². The van der Waals surface area contributed by atoms with Crippen molar-refractivity contribution in [1.29, 1.82) is 0 Å². The van der Waals surface area contributed by atoms with Gasteiger partial charge in [0, 0.05) is 10.6 Å². The van der Waals surface area contributed by atoms with Crippen molar-refractivity contribution in [1.82, 2.24) is 16.2 Å². The minimum absolute atomic E-state index is 0.0401. The molecule has 0 heterocycles. The summed E-state index contributed by atoms with van der Waals surface area (Å²) in [5.41, 5.74) is 7.48. The van der Waals surface area contributed by atoms with Crippen LogP contribution in [-0.2, 0) is 4.79 Å². The molecule has 142 valence electrons. The van der Waals surface area contributed by atoms with Crippen LogP contribution in [0, 0.1) is 13.8 Å². The summed E-state index contributed by atoms with van der Waals surface area (Å²) in [5.74, 6) is -0.256. The summed E-state index contributed by atoms with van der Waals surface area (Å²) in [4.78, 5) is 24.1. The molecule has 0 aliphatic carbocycles. The number of aryl methyl sites for hydroxylation is 2. The highest BCUT2D eigenvalue weighted by Crippen LogP contribution is 2.17. The van der Waals surface area contributed by atoms with Gasteiger partial charge in [-0.15, -0.1) is 0 Å². The van der Waals surface area contributed by atoms with E-state index < -0.39 is 17.9 Å². The number of hydrazine groups is 1. The van der Waals surface area contributed by atoms with Crippen LogP contribution in [0.25, 0.3) is 0 Å². The van der Waals surface area contributed by atoms with Crippen molar-refractivity contribution in [2.75, 3.05) is 0 Å². The SMILES string of the molecule is Cc1ccc(OC(C)C(=O)NNC(=S)NC(=O)c2ccc(Cl)cc2)cc1C. The van der Waals surface area contributed by atoms with Crippen molar-refractivity contribution >= 4 is 40.7 Å². The van der Waals surface area contributed by atoms with Crippen LogP contribution in [0.4, 0.5) is 0 Å². The predicted octanol–water partition coefficient (Wildman–Crippen LogP) is 3.06. The number of rotatable bonds is 4. The van der Waals surface area contributed by atoms with Gasteiger partial charge in [-0.1, -0.05) is 17.7 Å². The largest absolute Gasteiger partial charge is 0.481 e. The summed E-state index contributed by atoms with van der Waals surface area (Å²) in [7, 11) is 0.